The number of carbonyl (C=O) groups excluding carboxylic acids is 2. The summed E-state index contributed by atoms with van der Waals surface area (Å²) in [5, 5.41) is 5.64. The van der Waals surface area contributed by atoms with Gasteiger partial charge in [0.1, 0.15) is 0 Å². The quantitative estimate of drug-likeness (QED) is 0.587. The van der Waals surface area contributed by atoms with Gasteiger partial charge in [0.15, 0.2) is 0 Å². The summed E-state index contributed by atoms with van der Waals surface area (Å²) in [6.07, 6.45) is 4.55. The number of hydrogen-bond acceptors (Lipinski definition) is 4. The summed E-state index contributed by atoms with van der Waals surface area (Å²) in [6.45, 7) is 5.36. The smallest absolute Gasteiger partial charge is 0.255 e. The molecule has 172 valence electrons. The fourth-order valence-electron chi connectivity index (χ4n) is 3.71. The van der Waals surface area contributed by atoms with E-state index in [9.17, 15) is 18.0 Å². The summed E-state index contributed by atoms with van der Waals surface area (Å²) in [6, 6.07) is 11.4. The van der Waals surface area contributed by atoms with Crippen LogP contribution in [-0.2, 0) is 10.0 Å². The Hall–Kier alpha value is -2.71. The number of benzene rings is 2. The summed E-state index contributed by atoms with van der Waals surface area (Å²) in [5.74, 6) is -0.709. The van der Waals surface area contributed by atoms with E-state index >= 15 is 0 Å². The zero-order valence-electron chi connectivity index (χ0n) is 18.7. The Morgan fingerprint density at radius 3 is 2.41 bits per heavy atom. The van der Waals surface area contributed by atoms with Crippen LogP contribution in [-0.4, -0.2) is 44.2 Å². The van der Waals surface area contributed by atoms with Gasteiger partial charge in [-0.3, -0.25) is 9.59 Å². The minimum Gasteiger partial charge on any atom is -0.352 e. The average Bonchev–Trinajstić information content (AvgIpc) is 2.80. The zero-order chi connectivity index (χ0) is 23.1. The molecule has 7 nitrogen and oxygen atoms in total. The van der Waals surface area contributed by atoms with Crippen LogP contribution in [0.5, 0.6) is 0 Å². The second-order valence-electron chi connectivity index (χ2n) is 8.05. The molecule has 0 spiro atoms. The van der Waals surface area contributed by atoms with Gasteiger partial charge in [-0.25, -0.2) is 8.42 Å². The van der Waals surface area contributed by atoms with Crippen molar-refractivity contribution >= 4 is 27.5 Å². The first-order chi connectivity index (χ1) is 15.3. The molecular formula is C24H31N3O4S. The van der Waals surface area contributed by atoms with Crippen LogP contribution >= 0.6 is 0 Å². The maximum Gasteiger partial charge on any atom is 0.255 e. The lowest BCUT2D eigenvalue weighted by Gasteiger charge is -2.26. The lowest BCUT2D eigenvalue weighted by atomic mass is 10.1. The van der Waals surface area contributed by atoms with E-state index in [1.165, 1.54) is 10.4 Å². The Morgan fingerprint density at radius 2 is 1.69 bits per heavy atom. The number of hydrogen-bond donors (Lipinski definition) is 2. The third-order valence-electron chi connectivity index (χ3n) is 5.64. The van der Waals surface area contributed by atoms with Crippen LogP contribution in [0, 0.1) is 6.92 Å². The van der Waals surface area contributed by atoms with Gasteiger partial charge in [0.25, 0.3) is 11.8 Å². The number of anilines is 1. The largest absolute Gasteiger partial charge is 0.352 e. The second-order valence-corrected chi connectivity index (χ2v) is 9.99. The molecule has 2 aromatic rings. The van der Waals surface area contributed by atoms with Crippen molar-refractivity contribution in [3.05, 3.63) is 59.2 Å². The van der Waals surface area contributed by atoms with Crippen molar-refractivity contribution in [3.63, 3.8) is 0 Å². The van der Waals surface area contributed by atoms with E-state index in [4.69, 9.17) is 0 Å². The van der Waals surface area contributed by atoms with Crippen molar-refractivity contribution in [1.29, 1.82) is 0 Å². The molecule has 1 saturated heterocycles. The van der Waals surface area contributed by atoms with Crippen LogP contribution < -0.4 is 10.6 Å². The highest BCUT2D eigenvalue weighted by atomic mass is 32.2. The highest BCUT2D eigenvalue weighted by Gasteiger charge is 2.27. The molecule has 32 heavy (non-hydrogen) atoms. The van der Waals surface area contributed by atoms with E-state index in [2.05, 4.69) is 10.6 Å². The van der Waals surface area contributed by atoms with Crippen molar-refractivity contribution in [1.82, 2.24) is 9.62 Å². The number of piperidine rings is 1. The molecule has 1 fully saturated rings. The van der Waals surface area contributed by atoms with E-state index < -0.39 is 15.9 Å². The molecule has 2 aromatic carbocycles. The maximum absolute atomic E-state index is 13.1. The molecule has 0 atom stereocenters. The van der Waals surface area contributed by atoms with Crippen LogP contribution in [0.25, 0.3) is 0 Å². The molecule has 2 amide bonds. The summed E-state index contributed by atoms with van der Waals surface area (Å²) in [5.41, 5.74) is 1.68. The van der Waals surface area contributed by atoms with Gasteiger partial charge in [-0.2, -0.15) is 4.31 Å². The fraction of sp³-hybridized carbons (Fsp3) is 0.417. The third-order valence-corrected chi connectivity index (χ3v) is 7.54. The standard InChI is InChI=1S/C24H31N3O4S/c1-3-4-14-25-23(28)20-10-6-7-11-22(20)26-24(29)21-17-19(13-12-18(21)2)32(30,31)27-15-8-5-9-16-27/h6-7,10-13,17H,3-5,8-9,14-16H2,1-2H3,(H,25,28)(H,26,29). The molecule has 2 N–H and O–H groups in total. The van der Waals surface area contributed by atoms with Crippen molar-refractivity contribution in [2.75, 3.05) is 25.0 Å². The van der Waals surface area contributed by atoms with Gasteiger partial charge in [0.05, 0.1) is 16.1 Å². The SMILES string of the molecule is CCCCNC(=O)c1ccccc1NC(=O)c1cc(S(=O)(=O)N2CCCCC2)ccc1C. The number of nitrogens with one attached hydrogen (secondary N) is 2. The van der Waals surface area contributed by atoms with Crippen LogP contribution in [0.4, 0.5) is 5.69 Å². The second kappa shape index (κ2) is 10.7. The topological polar surface area (TPSA) is 95.6 Å². The fourth-order valence-corrected chi connectivity index (χ4v) is 5.26. The first-order valence-corrected chi connectivity index (χ1v) is 12.6. The molecule has 0 unspecified atom stereocenters. The number of carbonyl (C=O) groups is 2. The van der Waals surface area contributed by atoms with E-state index in [1.807, 2.05) is 6.92 Å². The molecule has 1 heterocycles. The molecule has 3 rings (SSSR count). The first kappa shape index (κ1) is 23.9. The van der Waals surface area contributed by atoms with Crippen molar-refractivity contribution in [3.8, 4) is 0 Å². The van der Waals surface area contributed by atoms with Gasteiger partial charge >= 0.3 is 0 Å². The average molecular weight is 458 g/mol. The number of amides is 2. The summed E-state index contributed by atoms with van der Waals surface area (Å²) in [7, 11) is -3.65. The number of aryl methyl sites for hydroxylation is 1. The minimum atomic E-state index is -3.65. The summed E-state index contributed by atoms with van der Waals surface area (Å²) < 4.78 is 27.6. The van der Waals surface area contributed by atoms with E-state index in [-0.39, 0.29) is 16.4 Å². The van der Waals surface area contributed by atoms with Gasteiger partial charge in [-0.1, -0.05) is 38.0 Å². The highest BCUT2D eigenvalue weighted by molar-refractivity contribution is 7.89. The Bertz CT molecular complexity index is 1080. The molecule has 1 aliphatic rings. The predicted octanol–water partition coefficient (Wildman–Crippen LogP) is 3.95. The van der Waals surface area contributed by atoms with Crippen molar-refractivity contribution < 1.29 is 18.0 Å². The van der Waals surface area contributed by atoms with Crippen LogP contribution in [0.3, 0.4) is 0 Å². The number of rotatable bonds is 8. The van der Waals surface area contributed by atoms with Gasteiger partial charge in [0.2, 0.25) is 10.0 Å². The minimum absolute atomic E-state index is 0.112. The zero-order valence-corrected chi connectivity index (χ0v) is 19.5. The molecule has 0 aromatic heterocycles. The number of nitrogens with zero attached hydrogens (tertiary/aromatic N) is 1. The molecule has 0 aliphatic carbocycles. The highest BCUT2D eigenvalue weighted by Crippen LogP contribution is 2.24. The van der Waals surface area contributed by atoms with E-state index in [1.54, 1.807) is 43.3 Å². The lowest BCUT2D eigenvalue weighted by Crippen LogP contribution is -2.35. The first-order valence-electron chi connectivity index (χ1n) is 11.1. The Labute approximate surface area is 190 Å². The maximum atomic E-state index is 13.1. The summed E-state index contributed by atoms with van der Waals surface area (Å²) >= 11 is 0. The summed E-state index contributed by atoms with van der Waals surface area (Å²) in [4.78, 5) is 25.7. The molecular weight excluding hydrogens is 426 g/mol. The Morgan fingerprint density at radius 1 is 0.969 bits per heavy atom. The molecule has 8 heteroatoms. The van der Waals surface area contributed by atoms with E-state index in [0.717, 1.165) is 32.1 Å². The van der Waals surface area contributed by atoms with Gasteiger partial charge in [0, 0.05) is 25.2 Å². The van der Waals surface area contributed by atoms with Gasteiger partial charge < -0.3 is 10.6 Å². The Kier molecular flexibility index (Phi) is 8.04. The Balaban J connectivity index is 1.83. The third kappa shape index (κ3) is 5.55. The van der Waals surface area contributed by atoms with Crippen LogP contribution in [0.1, 0.15) is 65.3 Å². The van der Waals surface area contributed by atoms with Crippen molar-refractivity contribution in [2.24, 2.45) is 0 Å². The monoisotopic (exact) mass is 457 g/mol. The van der Waals surface area contributed by atoms with Crippen LogP contribution in [0.15, 0.2) is 47.4 Å². The molecule has 0 bridgehead atoms. The number of unbranched alkanes of at least 4 members (excludes halogenated alkanes) is 1. The van der Waals surface area contributed by atoms with Crippen LogP contribution in [0.2, 0.25) is 0 Å². The normalized spacial score (nSPS) is 14.7. The molecule has 0 radical (unpaired) electrons. The van der Waals surface area contributed by atoms with Gasteiger partial charge in [-0.05, 0) is 56.0 Å². The number of sulfonamides is 1. The molecule has 0 saturated carbocycles. The van der Waals surface area contributed by atoms with E-state index in [0.29, 0.717) is 36.4 Å². The number of para-hydroxylation sites is 1. The van der Waals surface area contributed by atoms with Crippen molar-refractivity contribution in [2.45, 2.75) is 50.8 Å². The lowest BCUT2D eigenvalue weighted by molar-refractivity contribution is 0.0954. The predicted molar refractivity (Wildman–Crippen MR) is 125 cm³/mol. The molecule has 1 aliphatic heterocycles. The van der Waals surface area contributed by atoms with Gasteiger partial charge in [-0.15, -0.1) is 0 Å².